The van der Waals surface area contributed by atoms with Crippen LogP contribution in [0.4, 0.5) is 4.39 Å². The third-order valence-electron chi connectivity index (χ3n) is 4.79. The molecule has 4 aromatic rings. The zero-order valence-electron chi connectivity index (χ0n) is 17.3. The first-order valence-corrected chi connectivity index (χ1v) is 10.1. The van der Waals surface area contributed by atoms with Gasteiger partial charge in [-0.1, -0.05) is 17.7 Å². The van der Waals surface area contributed by atoms with Crippen molar-refractivity contribution in [3.8, 4) is 34.3 Å². The Morgan fingerprint density at radius 2 is 1.88 bits per heavy atom. The van der Waals surface area contributed by atoms with Gasteiger partial charge in [-0.2, -0.15) is 5.10 Å². The van der Waals surface area contributed by atoms with E-state index in [4.69, 9.17) is 21.1 Å². The number of benzene rings is 3. The molecule has 0 bridgehead atoms. The average Bonchev–Trinajstić information content (AvgIpc) is 3.26. The zero-order chi connectivity index (χ0) is 23.4. The maximum absolute atomic E-state index is 13.9. The predicted molar refractivity (Wildman–Crippen MR) is 119 cm³/mol. The van der Waals surface area contributed by atoms with Crippen molar-refractivity contribution in [1.29, 1.82) is 0 Å². The van der Waals surface area contributed by atoms with Crippen LogP contribution >= 0.6 is 11.6 Å². The number of halogens is 2. The van der Waals surface area contributed by atoms with Crippen LogP contribution in [0.5, 0.6) is 23.0 Å². The van der Waals surface area contributed by atoms with E-state index in [1.807, 2.05) is 0 Å². The van der Waals surface area contributed by atoms with Gasteiger partial charge in [0.15, 0.2) is 5.75 Å². The molecule has 33 heavy (non-hydrogen) atoms. The van der Waals surface area contributed by atoms with Gasteiger partial charge in [0, 0.05) is 17.2 Å². The van der Waals surface area contributed by atoms with Gasteiger partial charge in [0.1, 0.15) is 35.4 Å². The van der Waals surface area contributed by atoms with Crippen molar-refractivity contribution in [1.82, 2.24) is 10.2 Å². The van der Waals surface area contributed by atoms with Crippen LogP contribution in [0.3, 0.4) is 0 Å². The summed E-state index contributed by atoms with van der Waals surface area (Å²) in [5, 5.41) is 17.6. The zero-order valence-corrected chi connectivity index (χ0v) is 18.1. The number of nitrogens with one attached hydrogen (secondary N) is 1. The molecule has 7 nitrogen and oxygen atoms in total. The fourth-order valence-corrected chi connectivity index (χ4v) is 3.31. The first-order valence-electron chi connectivity index (χ1n) is 9.75. The van der Waals surface area contributed by atoms with E-state index in [2.05, 4.69) is 14.9 Å². The molecular weight excluding hydrogens is 451 g/mol. The number of hydrogen-bond donors (Lipinski definition) is 2. The standard InChI is InChI=1S/C24H18ClFN2O5/c1-31-24(30)14-5-7-15(8-6-14)33-22-12-27-28-23(22)17-10-9-16(11-21(17)29)32-13-18-19(25)3-2-4-20(18)26/h2-12,29H,13H2,1H3,(H,27,28). The van der Waals surface area contributed by atoms with Gasteiger partial charge in [-0.05, 0) is 48.5 Å². The summed E-state index contributed by atoms with van der Waals surface area (Å²) in [7, 11) is 1.31. The Labute approximate surface area is 193 Å². The molecule has 168 valence electrons. The number of aromatic nitrogens is 2. The van der Waals surface area contributed by atoms with Gasteiger partial charge in [0.05, 0.1) is 23.9 Å². The van der Waals surface area contributed by atoms with E-state index in [0.29, 0.717) is 34.1 Å². The summed E-state index contributed by atoms with van der Waals surface area (Å²) in [6, 6.07) is 15.4. The third kappa shape index (κ3) is 4.91. The molecular formula is C24H18ClFN2O5. The number of carbonyl (C=O) groups is 1. The number of aromatic amines is 1. The van der Waals surface area contributed by atoms with Crippen LogP contribution in [0.25, 0.3) is 11.3 Å². The quantitative estimate of drug-likeness (QED) is 0.336. The number of methoxy groups -OCH3 is 1. The van der Waals surface area contributed by atoms with E-state index in [0.717, 1.165) is 0 Å². The number of nitrogens with zero attached hydrogens (tertiary/aromatic N) is 1. The Kier molecular flexibility index (Phi) is 6.46. The van der Waals surface area contributed by atoms with Crippen molar-refractivity contribution in [2.45, 2.75) is 6.61 Å². The number of ether oxygens (including phenoxy) is 3. The van der Waals surface area contributed by atoms with Crippen LogP contribution in [0.1, 0.15) is 15.9 Å². The van der Waals surface area contributed by atoms with Crippen LogP contribution in [-0.4, -0.2) is 28.4 Å². The summed E-state index contributed by atoms with van der Waals surface area (Å²) in [5.41, 5.74) is 1.48. The summed E-state index contributed by atoms with van der Waals surface area (Å²) >= 11 is 6.02. The molecule has 0 aliphatic carbocycles. The van der Waals surface area contributed by atoms with Crippen molar-refractivity contribution in [3.63, 3.8) is 0 Å². The number of phenolic OH excluding ortho intramolecular Hbond substituents is 1. The molecule has 0 saturated heterocycles. The summed E-state index contributed by atoms with van der Waals surface area (Å²) < 4.78 is 30.0. The molecule has 9 heteroatoms. The second kappa shape index (κ2) is 9.62. The lowest BCUT2D eigenvalue weighted by atomic mass is 10.1. The average molecular weight is 469 g/mol. The molecule has 0 saturated carbocycles. The summed E-state index contributed by atoms with van der Waals surface area (Å²) in [6.07, 6.45) is 1.47. The Hall–Kier alpha value is -4.04. The van der Waals surface area contributed by atoms with Gasteiger partial charge in [-0.15, -0.1) is 0 Å². The Morgan fingerprint density at radius 3 is 2.58 bits per heavy atom. The number of aromatic hydroxyl groups is 1. The van der Waals surface area contributed by atoms with Gasteiger partial charge in [0.25, 0.3) is 0 Å². The lowest BCUT2D eigenvalue weighted by molar-refractivity contribution is 0.0600. The van der Waals surface area contributed by atoms with E-state index >= 15 is 0 Å². The highest BCUT2D eigenvalue weighted by atomic mass is 35.5. The Morgan fingerprint density at radius 1 is 1.12 bits per heavy atom. The second-order valence-corrected chi connectivity index (χ2v) is 7.30. The molecule has 0 fully saturated rings. The number of H-pyrrole nitrogens is 1. The van der Waals surface area contributed by atoms with E-state index in [1.54, 1.807) is 42.5 Å². The van der Waals surface area contributed by atoms with Crippen LogP contribution in [0, 0.1) is 5.82 Å². The van der Waals surface area contributed by atoms with E-state index < -0.39 is 11.8 Å². The highest BCUT2D eigenvalue weighted by Gasteiger charge is 2.16. The maximum Gasteiger partial charge on any atom is 0.337 e. The van der Waals surface area contributed by atoms with E-state index in [1.165, 1.54) is 31.5 Å². The number of phenols is 1. The molecule has 0 aliphatic rings. The van der Waals surface area contributed by atoms with Gasteiger partial charge < -0.3 is 19.3 Å². The minimum Gasteiger partial charge on any atom is -0.507 e. The summed E-state index contributed by atoms with van der Waals surface area (Å²) in [5.74, 6) is 0.143. The molecule has 2 N–H and O–H groups in total. The van der Waals surface area contributed by atoms with Gasteiger partial charge >= 0.3 is 5.97 Å². The monoisotopic (exact) mass is 468 g/mol. The lowest BCUT2D eigenvalue weighted by Crippen LogP contribution is -2.00. The maximum atomic E-state index is 13.9. The molecule has 0 radical (unpaired) electrons. The molecule has 0 aliphatic heterocycles. The first-order chi connectivity index (χ1) is 16.0. The van der Waals surface area contributed by atoms with Crippen LogP contribution in [-0.2, 0) is 11.3 Å². The molecule has 1 aromatic heterocycles. The fraction of sp³-hybridized carbons (Fsp3) is 0.0833. The van der Waals surface area contributed by atoms with Gasteiger partial charge in [0.2, 0.25) is 0 Å². The van der Waals surface area contributed by atoms with Crippen LogP contribution < -0.4 is 9.47 Å². The molecule has 0 atom stereocenters. The van der Waals surface area contributed by atoms with Crippen LogP contribution in [0.15, 0.2) is 66.9 Å². The fourth-order valence-electron chi connectivity index (χ4n) is 3.09. The molecule has 4 rings (SSSR count). The minimum absolute atomic E-state index is 0.0930. The third-order valence-corrected chi connectivity index (χ3v) is 5.15. The Balaban J connectivity index is 1.50. The molecule has 1 heterocycles. The number of esters is 1. The SMILES string of the molecule is COC(=O)c1ccc(Oc2cn[nH]c2-c2ccc(OCc3c(F)cccc3Cl)cc2O)cc1. The van der Waals surface area contributed by atoms with Gasteiger partial charge in [-0.25, -0.2) is 9.18 Å². The van der Waals surface area contributed by atoms with E-state index in [9.17, 15) is 14.3 Å². The molecule has 0 amide bonds. The Bertz CT molecular complexity index is 1270. The molecule has 0 unspecified atom stereocenters. The topological polar surface area (TPSA) is 93.7 Å². The smallest absolute Gasteiger partial charge is 0.337 e. The highest BCUT2D eigenvalue weighted by molar-refractivity contribution is 6.31. The molecule has 3 aromatic carbocycles. The number of carbonyl (C=O) groups excluding carboxylic acids is 1. The van der Waals surface area contributed by atoms with Crippen LogP contribution in [0.2, 0.25) is 5.02 Å². The number of hydrogen-bond acceptors (Lipinski definition) is 6. The normalized spacial score (nSPS) is 10.6. The van der Waals surface area contributed by atoms with Crippen molar-refractivity contribution in [2.24, 2.45) is 0 Å². The molecule has 0 spiro atoms. The van der Waals surface area contributed by atoms with E-state index in [-0.39, 0.29) is 22.9 Å². The number of rotatable bonds is 7. The van der Waals surface area contributed by atoms with Crippen molar-refractivity contribution in [2.75, 3.05) is 7.11 Å². The minimum atomic E-state index is -0.470. The van der Waals surface area contributed by atoms with Gasteiger partial charge in [-0.3, -0.25) is 5.10 Å². The largest absolute Gasteiger partial charge is 0.507 e. The first kappa shape index (κ1) is 22.2. The lowest BCUT2D eigenvalue weighted by Gasteiger charge is -2.11. The van der Waals surface area contributed by atoms with Crippen molar-refractivity contribution < 1.29 is 28.5 Å². The predicted octanol–water partition coefficient (Wildman–Crippen LogP) is 5.73. The van der Waals surface area contributed by atoms with Crippen molar-refractivity contribution in [3.05, 3.63) is 88.8 Å². The summed E-state index contributed by atoms with van der Waals surface area (Å²) in [4.78, 5) is 11.6. The second-order valence-electron chi connectivity index (χ2n) is 6.90. The highest BCUT2D eigenvalue weighted by Crippen LogP contribution is 2.38. The summed E-state index contributed by atoms with van der Waals surface area (Å²) in [6.45, 7) is -0.0930. The van der Waals surface area contributed by atoms with Crippen molar-refractivity contribution >= 4 is 17.6 Å².